The Bertz CT molecular complexity index is 1620. The third-order valence-electron chi connectivity index (χ3n) is 7.43. The Morgan fingerprint density at radius 3 is 1.94 bits per heavy atom. The van der Waals surface area contributed by atoms with E-state index in [0.29, 0.717) is 56.3 Å². The van der Waals surface area contributed by atoms with Crippen LogP contribution in [0.3, 0.4) is 0 Å². The number of amides is 1. The molecule has 0 spiro atoms. The summed E-state index contributed by atoms with van der Waals surface area (Å²) in [7, 11) is 0. The second kappa shape index (κ2) is 17.1. The molecular weight excluding hydrogens is 716 g/mol. The Morgan fingerprint density at radius 2 is 1.43 bits per heavy atom. The predicted octanol–water partition coefficient (Wildman–Crippen LogP) is 2.68. The van der Waals surface area contributed by atoms with Crippen molar-refractivity contribution in [1.29, 1.82) is 0 Å². The molecule has 20 heteroatoms. The maximum Gasteiger partial charge on any atom is 1.00 e. The molecule has 2 aromatic carbocycles. The second-order valence-corrected chi connectivity index (χ2v) is 10.9. The van der Waals surface area contributed by atoms with Crippen molar-refractivity contribution < 1.29 is 93.2 Å². The Hall–Kier alpha value is -3.81. The van der Waals surface area contributed by atoms with Crippen molar-refractivity contribution in [2.75, 3.05) is 54.2 Å². The zero-order valence-corrected chi connectivity index (χ0v) is 29.2. The Labute approximate surface area is 307 Å². The number of hydrogen-bond donors (Lipinski definition) is 0. The van der Waals surface area contributed by atoms with E-state index >= 15 is 0 Å². The molecular formula is C31H29F9N5NaO5. The molecule has 0 atom stereocenters. The normalized spacial score (nSPS) is 13.7. The molecule has 0 N–H and O–H groups in total. The van der Waals surface area contributed by atoms with E-state index in [-0.39, 0.29) is 59.4 Å². The van der Waals surface area contributed by atoms with E-state index in [1.54, 1.807) is 0 Å². The minimum Gasteiger partial charge on any atom is -0.550 e. The maximum atomic E-state index is 13.9. The van der Waals surface area contributed by atoms with Gasteiger partial charge in [-0.25, -0.2) is 14.8 Å². The summed E-state index contributed by atoms with van der Waals surface area (Å²) in [5.74, 6) is -1.80. The predicted molar refractivity (Wildman–Crippen MR) is 157 cm³/mol. The summed E-state index contributed by atoms with van der Waals surface area (Å²) in [6.45, 7) is 0.939. The van der Waals surface area contributed by atoms with E-state index < -0.39 is 79.0 Å². The summed E-state index contributed by atoms with van der Waals surface area (Å²) in [4.78, 5) is 36.0. The van der Waals surface area contributed by atoms with Crippen molar-refractivity contribution in [2.24, 2.45) is 0 Å². The summed E-state index contributed by atoms with van der Waals surface area (Å²) in [6.07, 6.45) is -14.4. The van der Waals surface area contributed by atoms with Crippen LogP contribution in [-0.2, 0) is 45.9 Å². The van der Waals surface area contributed by atoms with E-state index in [2.05, 4.69) is 9.97 Å². The smallest absolute Gasteiger partial charge is 0.550 e. The van der Waals surface area contributed by atoms with E-state index in [1.807, 2.05) is 4.90 Å². The van der Waals surface area contributed by atoms with E-state index in [9.17, 15) is 54.2 Å². The summed E-state index contributed by atoms with van der Waals surface area (Å²) in [5.41, 5.74) is -4.85. The maximum absolute atomic E-state index is 13.9. The molecule has 0 unspecified atom stereocenters. The zero-order chi connectivity index (χ0) is 36.9. The average molecular weight is 746 g/mol. The molecule has 51 heavy (non-hydrogen) atoms. The number of carboxylic acid groups (broad SMARTS) is 1. The number of carboxylic acids is 1. The first kappa shape index (κ1) is 41.6. The molecule has 0 radical (unpaired) electrons. The number of carbonyl (C=O) groups is 2. The molecule has 1 aliphatic rings. The van der Waals surface area contributed by atoms with Gasteiger partial charge in [0.1, 0.15) is 0 Å². The van der Waals surface area contributed by atoms with Crippen molar-refractivity contribution in [1.82, 2.24) is 9.97 Å². The van der Waals surface area contributed by atoms with Crippen molar-refractivity contribution in [2.45, 2.75) is 45.0 Å². The van der Waals surface area contributed by atoms with Crippen LogP contribution in [0.25, 0.3) is 0 Å². The van der Waals surface area contributed by atoms with Gasteiger partial charge in [0.15, 0.2) is 0 Å². The molecule has 0 bridgehead atoms. The molecule has 272 valence electrons. The molecule has 2 heterocycles. The van der Waals surface area contributed by atoms with Crippen LogP contribution >= 0.6 is 0 Å². The van der Waals surface area contributed by atoms with Crippen LogP contribution in [-0.4, -0.2) is 61.5 Å². The number of halogens is 9. The second-order valence-electron chi connectivity index (χ2n) is 10.9. The number of carbonyl (C=O) groups excluding carboxylic acids is 2. The third kappa shape index (κ3) is 11.3. The fraction of sp³-hybridized carbons (Fsp3) is 0.419. The minimum atomic E-state index is -5.18. The number of ether oxygens (including phenoxy) is 2. The molecule has 4 rings (SSSR count). The summed E-state index contributed by atoms with van der Waals surface area (Å²) in [6, 6.07) is 3.16. The van der Waals surface area contributed by atoms with Crippen LogP contribution < -0.4 is 49.4 Å². The number of hydrogen-bond acceptors (Lipinski definition) is 9. The molecule has 0 saturated carbocycles. The van der Waals surface area contributed by atoms with E-state index in [0.717, 1.165) is 15.9 Å². The standard InChI is InChI=1S/C31H30F9N5O5.Na/c1-2-45(28(48)50-8-5-26(46)47)25-4-3-21(29(32,33)34)13-20(25)18-44(27-41-15-24(16-42-27)43-6-9-49-10-7-43)17-19-11-22(30(35,36)37)14-23(12-19)31(38,39)40;/h3-4,11-16H,2,5-10,17-18H2,1H3,(H,46,47);/q;+1/p-1. The fourth-order valence-corrected chi connectivity index (χ4v) is 5.05. The van der Waals surface area contributed by atoms with E-state index in [1.165, 1.54) is 19.3 Å². The van der Waals surface area contributed by atoms with Crippen molar-refractivity contribution >= 4 is 29.4 Å². The fourth-order valence-electron chi connectivity index (χ4n) is 5.05. The molecule has 1 aliphatic heterocycles. The average Bonchev–Trinajstić information content (AvgIpc) is 3.04. The first-order valence-electron chi connectivity index (χ1n) is 14.9. The van der Waals surface area contributed by atoms with Gasteiger partial charge < -0.3 is 29.2 Å². The zero-order valence-electron chi connectivity index (χ0n) is 27.2. The van der Waals surface area contributed by atoms with E-state index in [4.69, 9.17) is 9.47 Å². The van der Waals surface area contributed by atoms with Crippen LogP contribution in [0, 0.1) is 0 Å². The number of aliphatic carboxylic acids is 1. The minimum absolute atomic E-state index is 0. The van der Waals surface area contributed by atoms with Gasteiger partial charge in [-0.05, 0) is 54.4 Å². The van der Waals surface area contributed by atoms with Gasteiger partial charge in [0.05, 0.1) is 60.3 Å². The first-order valence-corrected chi connectivity index (χ1v) is 14.9. The van der Waals surface area contributed by atoms with Crippen LogP contribution in [0.1, 0.15) is 41.2 Å². The van der Waals surface area contributed by atoms with Gasteiger partial charge in [-0.2, -0.15) is 39.5 Å². The quantitative estimate of drug-likeness (QED) is 0.216. The van der Waals surface area contributed by atoms with Gasteiger partial charge in [-0.1, -0.05) is 0 Å². The number of benzene rings is 2. The summed E-state index contributed by atoms with van der Waals surface area (Å²) in [5, 5.41) is 10.8. The van der Waals surface area contributed by atoms with Crippen molar-refractivity contribution in [3.05, 3.63) is 76.6 Å². The molecule has 1 amide bonds. The van der Waals surface area contributed by atoms with Gasteiger partial charge in [0.25, 0.3) is 0 Å². The van der Waals surface area contributed by atoms with Crippen molar-refractivity contribution in [3.8, 4) is 0 Å². The summed E-state index contributed by atoms with van der Waals surface area (Å²) >= 11 is 0. The van der Waals surface area contributed by atoms with Crippen LogP contribution in [0.4, 0.5) is 61.6 Å². The Kier molecular flexibility index (Phi) is 14.0. The monoisotopic (exact) mass is 745 g/mol. The Morgan fingerprint density at radius 1 is 0.863 bits per heavy atom. The summed E-state index contributed by atoms with van der Waals surface area (Å²) < 4.78 is 134. The number of anilines is 3. The number of alkyl halides is 9. The third-order valence-corrected chi connectivity index (χ3v) is 7.43. The van der Waals surface area contributed by atoms with Crippen LogP contribution in [0.5, 0.6) is 0 Å². The Balaban J connectivity index is 0.00000702. The molecule has 1 fully saturated rings. The number of rotatable bonds is 11. The van der Waals surface area contributed by atoms with Gasteiger partial charge in [-0.15, -0.1) is 0 Å². The number of aromatic nitrogens is 2. The topological polar surface area (TPSA) is 111 Å². The SMILES string of the molecule is CCN(C(=O)OCCC(=O)[O-])c1ccc(C(F)(F)F)cc1CN(Cc1cc(C(F)(F)F)cc(C(F)(F)F)c1)c1ncc(N2CCOCC2)cn1.[Na+]. The molecule has 1 aromatic heterocycles. The van der Waals surface area contributed by atoms with Gasteiger partial charge in [-0.3, -0.25) is 4.90 Å². The number of morpholine rings is 1. The number of nitrogens with zero attached hydrogens (tertiary/aromatic N) is 5. The first-order chi connectivity index (χ1) is 23.4. The molecule has 1 saturated heterocycles. The molecule has 10 nitrogen and oxygen atoms in total. The van der Waals surface area contributed by atoms with Gasteiger partial charge >= 0.3 is 54.2 Å². The van der Waals surface area contributed by atoms with Crippen molar-refractivity contribution in [3.63, 3.8) is 0 Å². The largest absolute Gasteiger partial charge is 1.00 e. The molecule has 0 aliphatic carbocycles. The van der Waals surface area contributed by atoms with Gasteiger partial charge in [0, 0.05) is 45.1 Å². The molecule has 3 aromatic rings. The van der Waals surface area contributed by atoms with Crippen LogP contribution in [0.2, 0.25) is 0 Å². The van der Waals surface area contributed by atoms with Gasteiger partial charge in [0.2, 0.25) is 5.95 Å². The van der Waals surface area contributed by atoms with Crippen LogP contribution in [0.15, 0.2) is 48.8 Å².